The summed E-state index contributed by atoms with van der Waals surface area (Å²) in [6.07, 6.45) is 3.79. The Labute approximate surface area is 146 Å². The van der Waals surface area contributed by atoms with Crippen molar-refractivity contribution in [2.24, 2.45) is 0 Å². The summed E-state index contributed by atoms with van der Waals surface area (Å²) in [5.41, 5.74) is 2.48. The highest BCUT2D eigenvalue weighted by atomic mass is 35.5. The third-order valence-electron chi connectivity index (χ3n) is 4.25. The molecule has 0 spiro atoms. The molecule has 0 aliphatic carbocycles. The van der Waals surface area contributed by atoms with Gasteiger partial charge in [0.15, 0.2) is 0 Å². The number of benzene rings is 1. The van der Waals surface area contributed by atoms with Crippen LogP contribution in [0.5, 0.6) is 0 Å². The Morgan fingerprint density at radius 1 is 1.12 bits per heavy atom. The van der Waals surface area contributed by atoms with Gasteiger partial charge >= 0.3 is 11.9 Å². The zero-order chi connectivity index (χ0) is 17.5. The average Bonchev–Trinajstić information content (AvgIpc) is 3.00. The number of cyclic esters (lactones) is 2. The molecule has 2 heterocycles. The lowest BCUT2D eigenvalue weighted by Gasteiger charge is -2.29. The van der Waals surface area contributed by atoms with Crippen LogP contribution in [0.25, 0.3) is 6.08 Å². The highest BCUT2D eigenvalue weighted by molar-refractivity contribution is 6.33. The second kappa shape index (κ2) is 6.13. The van der Waals surface area contributed by atoms with E-state index in [9.17, 15) is 9.59 Å². The van der Waals surface area contributed by atoms with Crippen LogP contribution in [0.4, 0.5) is 5.69 Å². The van der Waals surface area contributed by atoms with Crippen LogP contribution in [0.2, 0.25) is 5.02 Å². The van der Waals surface area contributed by atoms with Gasteiger partial charge in [0.1, 0.15) is 5.57 Å². The molecule has 1 aromatic rings. The van der Waals surface area contributed by atoms with E-state index in [1.807, 2.05) is 19.1 Å². The SMILES string of the molecule is Cc1c(N2CCCC2)ccc(C=C2C(=O)OC(C)(C)OC2=O)c1Cl. The van der Waals surface area contributed by atoms with Crippen molar-refractivity contribution in [2.45, 2.75) is 39.4 Å². The van der Waals surface area contributed by atoms with Crippen molar-refractivity contribution in [3.8, 4) is 0 Å². The molecular formula is C18H20ClNO4. The number of halogens is 1. The molecule has 24 heavy (non-hydrogen) atoms. The molecule has 6 heteroatoms. The number of carbonyl (C=O) groups is 2. The fraction of sp³-hybridized carbons (Fsp3) is 0.444. The van der Waals surface area contributed by atoms with E-state index in [0.29, 0.717) is 10.6 Å². The summed E-state index contributed by atoms with van der Waals surface area (Å²) < 4.78 is 10.2. The molecule has 2 saturated heterocycles. The van der Waals surface area contributed by atoms with Gasteiger partial charge in [-0.2, -0.15) is 0 Å². The van der Waals surface area contributed by atoms with Crippen molar-refractivity contribution in [1.29, 1.82) is 0 Å². The lowest BCUT2D eigenvalue weighted by Crippen LogP contribution is -2.41. The van der Waals surface area contributed by atoms with E-state index in [0.717, 1.165) is 24.3 Å². The van der Waals surface area contributed by atoms with Crippen LogP contribution in [0.15, 0.2) is 17.7 Å². The first-order valence-corrected chi connectivity index (χ1v) is 8.39. The second-order valence-electron chi connectivity index (χ2n) is 6.54. The monoisotopic (exact) mass is 349 g/mol. The molecule has 128 valence electrons. The van der Waals surface area contributed by atoms with E-state index in [2.05, 4.69) is 4.90 Å². The maximum absolute atomic E-state index is 12.1. The molecule has 0 saturated carbocycles. The lowest BCUT2D eigenvalue weighted by atomic mass is 10.0. The molecule has 0 N–H and O–H groups in total. The number of anilines is 1. The maximum Gasteiger partial charge on any atom is 0.348 e. The van der Waals surface area contributed by atoms with Gasteiger partial charge in [-0.1, -0.05) is 17.7 Å². The minimum atomic E-state index is -1.25. The first-order valence-electron chi connectivity index (χ1n) is 8.01. The molecule has 0 atom stereocenters. The summed E-state index contributed by atoms with van der Waals surface area (Å²) in [5.74, 6) is -2.65. The molecule has 2 aliphatic heterocycles. The molecule has 0 unspecified atom stereocenters. The normalized spacial score (nSPS) is 20.0. The van der Waals surface area contributed by atoms with E-state index >= 15 is 0 Å². The maximum atomic E-state index is 12.1. The van der Waals surface area contributed by atoms with E-state index in [4.69, 9.17) is 21.1 Å². The Kier molecular flexibility index (Phi) is 4.30. The van der Waals surface area contributed by atoms with Crippen molar-refractivity contribution >= 4 is 35.3 Å². The average molecular weight is 350 g/mol. The number of rotatable bonds is 2. The molecule has 2 fully saturated rings. The highest BCUT2D eigenvalue weighted by Crippen LogP contribution is 2.34. The van der Waals surface area contributed by atoms with Crippen LogP contribution in [0.3, 0.4) is 0 Å². The molecule has 5 nitrogen and oxygen atoms in total. The third kappa shape index (κ3) is 3.13. The number of esters is 2. The van der Waals surface area contributed by atoms with Gasteiger partial charge in [-0.3, -0.25) is 0 Å². The Hall–Kier alpha value is -2.01. The van der Waals surface area contributed by atoms with E-state index in [-0.39, 0.29) is 5.57 Å². The minimum Gasteiger partial charge on any atom is -0.419 e. The first-order chi connectivity index (χ1) is 11.3. The van der Waals surface area contributed by atoms with Crippen molar-refractivity contribution in [1.82, 2.24) is 0 Å². The minimum absolute atomic E-state index is 0.149. The van der Waals surface area contributed by atoms with Crippen LogP contribution < -0.4 is 4.90 Å². The van der Waals surface area contributed by atoms with Crippen LogP contribution in [-0.2, 0) is 19.1 Å². The predicted molar refractivity (Wildman–Crippen MR) is 91.9 cm³/mol. The first kappa shape index (κ1) is 16.8. The number of hydrogen-bond acceptors (Lipinski definition) is 5. The Morgan fingerprint density at radius 3 is 2.29 bits per heavy atom. The van der Waals surface area contributed by atoms with E-state index < -0.39 is 17.7 Å². The van der Waals surface area contributed by atoms with Crippen molar-refractivity contribution in [3.63, 3.8) is 0 Å². The molecule has 0 bridgehead atoms. The lowest BCUT2D eigenvalue weighted by molar-refractivity contribution is -0.222. The second-order valence-corrected chi connectivity index (χ2v) is 6.92. The fourth-order valence-electron chi connectivity index (χ4n) is 3.04. The van der Waals surface area contributed by atoms with E-state index in [1.165, 1.54) is 32.8 Å². The Morgan fingerprint density at radius 2 is 1.71 bits per heavy atom. The van der Waals surface area contributed by atoms with Crippen LogP contribution in [0.1, 0.15) is 37.8 Å². The molecule has 0 aromatic heterocycles. The van der Waals surface area contributed by atoms with Crippen molar-refractivity contribution in [3.05, 3.63) is 33.9 Å². The number of carbonyl (C=O) groups excluding carboxylic acids is 2. The predicted octanol–water partition coefficient (Wildman–Crippen LogP) is 3.47. The summed E-state index contributed by atoms with van der Waals surface area (Å²) in [4.78, 5) is 26.4. The summed E-state index contributed by atoms with van der Waals surface area (Å²) >= 11 is 6.47. The summed E-state index contributed by atoms with van der Waals surface area (Å²) in [7, 11) is 0. The summed E-state index contributed by atoms with van der Waals surface area (Å²) in [6.45, 7) is 7.01. The third-order valence-corrected chi connectivity index (χ3v) is 4.75. The molecular weight excluding hydrogens is 330 g/mol. The van der Waals surface area contributed by atoms with Crippen LogP contribution in [0, 0.1) is 6.92 Å². The van der Waals surface area contributed by atoms with E-state index in [1.54, 1.807) is 0 Å². The Bertz CT molecular complexity index is 711. The number of nitrogens with zero attached hydrogens (tertiary/aromatic N) is 1. The zero-order valence-corrected chi connectivity index (χ0v) is 14.8. The summed E-state index contributed by atoms with van der Waals surface area (Å²) in [6, 6.07) is 3.79. The highest BCUT2D eigenvalue weighted by Gasteiger charge is 2.39. The van der Waals surface area contributed by atoms with Gasteiger partial charge < -0.3 is 14.4 Å². The fourth-order valence-corrected chi connectivity index (χ4v) is 3.26. The van der Waals surface area contributed by atoms with Crippen molar-refractivity contribution in [2.75, 3.05) is 18.0 Å². The Balaban J connectivity index is 1.94. The molecule has 3 rings (SSSR count). The molecule has 2 aliphatic rings. The molecule has 0 radical (unpaired) electrons. The molecule has 1 aromatic carbocycles. The van der Waals surface area contributed by atoms with Gasteiger partial charge in [0.05, 0.1) is 5.02 Å². The quantitative estimate of drug-likeness (QED) is 0.465. The summed E-state index contributed by atoms with van der Waals surface area (Å²) in [5, 5.41) is 0.525. The zero-order valence-electron chi connectivity index (χ0n) is 14.0. The van der Waals surface area contributed by atoms with Gasteiger partial charge in [-0.15, -0.1) is 0 Å². The van der Waals surface area contributed by atoms with Gasteiger partial charge in [0.25, 0.3) is 5.79 Å². The standard InChI is InChI=1S/C18H20ClNO4/c1-11-14(20-8-4-5-9-20)7-6-12(15(11)19)10-13-16(21)23-18(2,3)24-17(13)22/h6-7,10H,4-5,8-9H2,1-3H3. The van der Waals surface area contributed by atoms with Gasteiger partial charge in [-0.05, 0) is 43.0 Å². The number of ether oxygens (including phenoxy) is 2. The smallest absolute Gasteiger partial charge is 0.348 e. The van der Waals surface area contributed by atoms with Crippen LogP contribution in [-0.4, -0.2) is 30.8 Å². The topological polar surface area (TPSA) is 55.8 Å². The molecule has 0 amide bonds. The van der Waals surface area contributed by atoms with Gasteiger partial charge in [0, 0.05) is 32.6 Å². The van der Waals surface area contributed by atoms with Gasteiger partial charge in [-0.25, -0.2) is 9.59 Å². The van der Waals surface area contributed by atoms with Gasteiger partial charge in [0.2, 0.25) is 0 Å². The van der Waals surface area contributed by atoms with Crippen LogP contribution >= 0.6 is 11.6 Å². The largest absolute Gasteiger partial charge is 0.419 e. The number of hydrogen-bond donors (Lipinski definition) is 0. The van der Waals surface area contributed by atoms with Crippen molar-refractivity contribution < 1.29 is 19.1 Å².